The molecular weight excluding hydrogens is 192 g/mol. The number of rotatable bonds is 4. The average molecular weight is 208 g/mol. The zero-order chi connectivity index (χ0) is 11.1. The van der Waals surface area contributed by atoms with E-state index in [0.717, 1.165) is 25.7 Å². The van der Waals surface area contributed by atoms with E-state index in [9.17, 15) is 9.59 Å². The first kappa shape index (κ1) is 11.8. The van der Waals surface area contributed by atoms with Crippen molar-refractivity contribution in [1.82, 2.24) is 0 Å². The Bertz CT molecular complexity index is 291. The minimum atomic E-state index is 0.129. The van der Waals surface area contributed by atoms with Crippen molar-refractivity contribution in [2.24, 2.45) is 21.8 Å². The summed E-state index contributed by atoms with van der Waals surface area (Å²) in [5.74, 6) is 0.883. The van der Waals surface area contributed by atoms with E-state index in [0.29, 0.717) is 18.4 Å². The Labute approximate surface area is 89.5 Å². The maximum atomic E-state index is 10.2. The molecule has 0 spiro atoms. The van der Waals surface area contributed by atoms with Crippen molar-refractivity contribution in [2.45, 2.75) is 38.6 Å². The van der Waals surface area contributed by atoms with Gasteiger partial charge in [0.25, 0.3) is 0 Å². The molecule has 0 saturated heterocycles. The van der Waals surface area contributed by atoms with E-state index in [1.807, 2.05) is 0 Å². The molecule has 0 aromatic carbocycles. The van der Waals surface area contributed by atoms with Crippen molar-refractivity contribution in [3.05, 3.63) is 0 Å². The number of carbonyl (C=O) groups excluding carboxylic acids is 2. The van der Waals surface area contributed by atoms with Crippen LogP contribution in [0, 0.1) is 11.8 Å². The van der Waals surface area contributed by atoms with Gasteiger partial charge in [0, 0.05) is 0 Å². The van der Waals surface area contributed by atoms with Crippen LogP contribution in [0.25, 0.3) is 0 Å². The highest BCUT2D eigenvalue weighted by atomic mass is 16.1. The van der Waals surface area contributed by atoms with Gasteiger partial charge in [-0.3, -0.25) is 0 Å². The van der Waals surface area contributed by atoms with E-state index in [1.54, 1.807) is 12.2 Å². The molecule has 1 aliphatic rings. The SMILES string of the molecule is CC(CN=C=O)C1CCCC(N=C=O)C1. The highest BCUT2D eigenvalue weighted by Gasteiger charge is 2.25. The van der Waals surface area contributed by atoms with Crippen LogP contribution >= 0.6 is 0 Å². The predicted octanol–water partition coefficient (Wildman–Crippen LogP) is 1.85. The largest absolute Gasteiger partial charge is 0.235 e. The summed E-state index contributed by atoms with van der Waals surface area (Å²) in [6.07, 6.45) is 7.33. The van der Waals surface area contributed by atoms with Gasteiger partial charge in [0.15, 0.2) is 0 Å². The molecule has 3 unspecified atom stereocenters. The van der Waals surface area contributed by atoms with Crippen molar-refractivity contribution in [3.8, 4) is 0 Å². The van der Waals surface area contributed by atoms with Gasteiger partial charge in [-0.25, -0.2) is 19.6 Å². The first-order valence-corrected chi connectivity index (χ1v) is 5.38. The smallest absolute Gasteiger partial charge is 0.211 e. The fraction of sp³-hybridized carbons (Fsp3) is 0.818. The molecule has 1 rings (SSSR count). The van der Waals surface area contributed by atoms with E-state index < -0.39 is 0 Å². The lowest BCUT2D eigenvalue weighted by atomic mass is 9.79. The molecule has 3 atom stereocenters. The van der Waals surface area contributed by atoms with E-state index in [2.05, 4.69) is 16.9 Å². The van der Waals surface area contributed by atoms with Crippen LogP contribution in [0.1, 0.15) is 32.6 Å². The van der Waals surface area contributed by atoms with E-state index in [-0.39, 0.29) is 6.04 Å². The molecule has 0 N–H and O–H groups in total. The van der Waals surface area contributed by atoms with Gasteiger partial charge >= 0.3 is 0 Å². The molecule has 0 aliphatic heterocycles. The van der Waals surface area contributed by atoms with Crippen molar-refractivity contribution in [2.75, 3.05) is 6.54 Å². The molecule has 0 radical (unpaired) electrons. The zero-order valence-corrected chi connectivity index (χ0v) is 8.98. The first-order chi connectivity index (χ1) is 7.27. The summed E-state index contributed by atoms with van der Waals surface area (Å²) in [6.45, 7) is 2.62. The van der Waals surface area contributed by atoms with Crippen molar-refractivity contribution >= 4 is 12.2 Å². The Morgan fingerprint density at radius 2 is 2.13 bits per heavy atom. The summed E-state index contributed by atoms with van der Waals surface area (Å²) in [5.41, 5.74) is 0. The van der Waals surface area contributed by atoms with Crippen LogP contribution in [0.2, 0.25) is 0 Å². The Morgan fingerprint density at radius 1 is 1.33 bits per heavy atom. The Morgan fingerprint density at radius 3 is 2.80 bits per heavy atom. The molecule has 0 bridgehead atoms. The number of nitrogens with zero attached hydrogens (tertiary/aromatic N) is 2. The maximum absolute atomic E-state index is 10.2. The standard InChI is InChI=1S/C11H16N2O2/c1-9(6-12-7-14)10-3-2-4-11(5-10)13-8-15/h9-11H,2-6H2,1H3. The summed E-state index contributed by atoms with van der Waals surface area (Å²) in [7, 11) is 0. The molecule has 4 heteroatoms. The van der Waals surface area contributed by atoms with Crippen LogP contribution in [0.3, 0.4) is 0 Å². The summed E-state index contributed by atoms with van der Waals surface area (Å²) in [6, 6.07) is 0.129. The summed E-state index contributed by atoms with van der Waals surface area (Å²) >= 11 is 0. The Hall–Kier alpha value is -1.24. The normalized spacial score (nSPS) is 27.3. The fourth-order valence-electron chi connectivity index (χ4n) is 2.24. The van der Waals surface area contributed by atoms with E-state index in [4.69, 9.17) is 0 Å². The summed E-state index contributed by atoms with van der Waals surface area (Å²) < 4.78 is 0. The summed E-state index contributed by atoms with van der Waals surface area (Å²) in [5, 5.41) is 0. The molecule has 0 amide bonds. The van der Waals surface area contributed by atoms with Gasteiger partial charge in [0.05, 0.1) is 12.6 Å². The fourth-order valence-corrected chi connectivity index (χ4v) is 2.24. The lowest BCUT2D eigenvalue weighted by molar-refractivity contribution is 0.248. The number of isocyanates is 2. The highest BCUT2D eigenvalue weighted by Crippen LogP contribution is 2.31. The van der Waals surface area contributed by atoms with Gasteiger partial charge in [-0.15, -0.1) is 0 Å². The molecule has 1 aliphatic carbocycles. The topological polar surface area (TPSA) is 58.9 Å². The van der Waals surface area contributed by atoms with Gasteiger partial charge < -0.3 is 0 Å². The Kier molecular flexibility index (Phi) is 4.96. The van der Waals surface area contributed by atoms with Crippen LogP contribution in [0.4, 0.5) is 0 Å². The third-order valence-corrected chi connectivity index (χ3v) is 3.17. The monoisotopic (exact) mass is 208 g/mol. The molecular formula is C11H16N2O2. The van der Waals surface area contributed by atoms with E-state index in [1.165, 1.54) is 0 Å². The number of hydrogen-bond acceptors (Lipinski definition) is 4. The molecule has 15 heavy (non-hydrogen) atoms. The second-order valence-electron chi connectivity index (χ2n) is 4.21. The van der Waals surface area contributed by atoms with Crippen LogP contribution in [-0.2, 0) is 9.59 Å². The van der Waals surface area contributed by atoms with Gasteiger partial charge in [0.1, 0.15) is 0 Å². The molecule has 1 saturated carbocycles. The molecule has 82 valence electrons. The number of aliphatic imine (C=N–C) groups is 2. The maximum Gasteiger partial charge on any atom is 0.235 e. The van der Waals surface area contributed by atoms with Crippen LogP contribution < -0.4 is 0 Å². The van der Waals surface area contributed by atoms with Gasteiger partial charge in [-0.2, -0.15) is 0 Å². The number of hydrogen-bond donors (Lipinski definition) is 0. The second-order valence-corrected chi connectivity index (χ2v) is 4.21. The third-order valence-electron chi connectivity index (χ3n) is 3.17. The molecule has 1 fully saturated rings. The zero-order valence-electron chi connectivity index (χ0n) is 8.98. The first-order valence-electron chi connectivity index (χ1n) is 5.38. The van der Waals surface area contributed by atoms with Crippen molar-refractivity contribution in [1.29, 1.82) is 0 Å². The predicted molar refractivity (Wildman–Crippen MR) is 56.0 cm³/mol. The van der Waals surface area contributed by atoms with Gasteiger partial charge in [-0.05, 0) is 31.1 Å². The highest BCUT2D eigenvalue weighted by molar-refractivity contribution is 5.33. The van der Waals surface area contributed by atoms with Crippen molar-refractivity contribution < 1.29 is 9.59 Å². The van der Waals surface area contributed by atoms with Crippen LogP contribution in [0.15, 0.2) is 9.98 Å². The minimum Gasteiger partial charge on any atom is -0.211 e. The van der Waals surface area contributed by atoms with Gasteiger partial charge in [-0.1, -0.05) is 13.3 Å². The quantitative estimate of drug-likeness (QED) is 0.523. The average Bonchev–Trinajstić information content (AvgIpc) is 2.27. The van der Waals surface area contributed by atoms with Crippen molar-refractivity contribution in [3.63, 3.8) is 0 Å². The molecule has 0 aromatic rings. The lowest BCUT2D eigenvalue weighted by Crippen LogP contribution is -2.24. The minimum absolute atomic E-state index is 0.129. The lowest BCUT2D eigenvalue weighted by Gasteiger charge is -2.29. The molecule has 4 nitrogen and oxygen atoms in total. The van der Waals surface area contributed by atoms with Crippen LogP contribution in [-0.4, -0.2) is 24.7 Å². The van der Waals surface area contributed by atoms with E-state index >= 15 is 0 Å². The molecule has 0 heterocycles. The van der Waals surface area contributed by atoms with Gasteiger partial charge in [0.2, 0.25) is 12.2 Å². The Balaban J connectivity index is 2.47. The third kappa shape index (κ3) is 3.78. The summed E-state index contributed by atoms with van der Waals surface area (Å²) in [4.78, 5) is 27.5. The molecule has 0 aromatic heterocycles. The second kappa shape index (κ2) is 6.28. The van der Waals surface area contributed by atoms with Crippen LogP contribution in [0.5, 0.6) is 0 Å².